The monoisotopic (exact) mass is 90.0 g/mol. The van der Waals surface area contributed by atoms with Gasteiger partial charge in [0.25, 0.3) is 0 Å². The summed E-state index contributed by atoms with van der Waals surface area (Å²) in [6.45, 7) is 0. The lowest BCUT2D eigenvalue weighted by Gasteiger charge is -1.76. The third-order valence-electron chi connectivity index (χ3n) is 1.67. The summed E-state index contributed by atoms with van der Waals surface area (Å²) >= 11 is 0. The molecule has 0 unspecified atom stereocenters. The van der Waals surface area contributed by atoms with E-state index in [-0.39, 0.29) is 12.8 Å². The highest BCUT2D eigenvalue weighted by Crippen LogP contribution is 2.76. The van der Waals surface area contributed by atoms with Gasteiger partial charge in [-0.25, -0.2) is 8.78 Å². The van der Waals surface area contributed by atoms with E-state index in [2.05, 4.69) is 0 Å². The number of halogens is 2. The Labute approximate surface area is 34.2 Å². The van der Waals surface area contributed by atoms with E-state index < -0.39 is 11.3 Å². The minimum Gasteiger partial charge on any atom is -0.240 e. The SMILES string of the molecule is FC12CC1(F)C2. The maximum atomic E-state index is 11.9. The summed E-state index contributed by atoms with van der Waals surface area (Å²) in [6, 6.07) is 0. The zero-order valence-electron chi connectivity index (χ0n) is 3.17. The average molecular weight is 90.1 g/mol. The number of hydrogen-bond donors (Lipinski definition) is 0. The second-order valence-electron chi connectivity index (χ2n) is 2.28. The van der Waals surface area contributed by atoms with Crippen LogP contribution in [0, 0.1) is 0 Å². The number of alkyl halides is 2. The largest absolute Gasteiger partial charge is 0.240 e. The first kappa shape index (κ1) is 2.94. The molecule has 0 aromatic heterocycles. The van der Waals surface area contributed by atoms with Crippen LogP contribution in [0.3, 0.4) is 0 Å². The molecule has 2 fully saturated rings. The fraction of sp³-hybridized carbons (Fsp3) is 1.00. The summed E-state index contributed by atoms with van der Waals surface area (Å²) < 4.78 is 23.8. The predicted octanol–water partition coefficient (Wildman–Crippen LogP) is 1.21. The van der Waals surface area contributed by atoms with Crippen molar-refractivity contribution in [2.24, 2.45) is 0 Å². The van der Waals surface area contributed by atoms with Crippen molar-refractivity contribution < 1.29 is 8.78 Å². The Morgan fingerprint density at radius 3 is 1.17 bits per heavy atom. The van der Waals surface area contributed by atoms with Crippen LogP contribution in [-0.4, -0.2) is 11.3 Å². The molecule has 2 aliphatic rings. The van der Waals surface area contributed by atoms with Crippen LogP contribution in [0.2, 0.25) is 0 Å². The van der Waals surface area contributed by atoms with Gasteiger partial charge in [0.15, 0.2) is 11.3 Å². The van der Waals surface area contributed by atoms with Crippen molar-refractivity contribution in [3.8, 4) is 0 Å². The van der Waals surface area contributed by atoms with Crippen LogP contribution in [0.25, 0.3) is 0 Å². The van der Waals surface area contributed by atoms with Crippen LogP contribution in [0.4, 0.5) is 8.78 Å². The van der Waals surface area contributed by atoms with Gasteiger partial charge in [-0.05, 0) is 0 Å². The summed E-state index contributed by atoms with van der Waals surface area (Å²) in [5.74, 6) is 0. The van der Waals surface area contributed by atoms with Crippen molar-refractivity contribution in [3.63, 3.8) is 0 Å². The number of rotatable bonds is 0. The molecule has 2 aliphatic carbocycles. The fourth-order valence-electron chi connectivity index (χ4n) is 0.748. The van der Waals surface area contributed by atoms with E-state index in [4.69, 9.17) is 0 Å². The lowest BCUT2D eigenvalue weighted by molar-refractivity contribution is 0.372. The Morgan fingerprint density at radius 1 is 1.00 bits per heavy atom. The molecule has 0 radical (unpaired) electrons. The van der Waals surface area contributed by atoms with Crippen LogP contribution in [0.15, 0.2) is 0 Å². The van der Waals surface area contributed by atoms with E-state index in [1.54, 1.807) is 0 Å². The van der Waals surface area contributed by atoms with Crippen molar-refractivity contribution in [1.82, 2.24) is 0 Å². The van der Waals surface area contributed by atoms with Crippen molar-refractivity contribution in [2.45, 2.75) is 24.2 Å². The maximum absolute atomic E-state index is 11.9. The third-order valence-corrected chi connectivity index (χ3v) is 1.67. The van der Waals surface area contributed by atoms with Gasteiger partial charge in [0.1, 0.15) is 0 Å². The van der Waals surface area contributed by atoms with Gasteiger partial charge < -0.3 is 0 Å². The first-order valence-electron chi connectivity index (χ1n) is 2.04. The van der Waals surface area contributed by atoms with Crippen molar-refractivity contribution in [2.75, 3.05) is 0 Å². The first-order valence-corrected chi connectivity index (χ1v) is 2.04. The quantitative estimate of drug-likeness (QED) is 0.419. The molecule has 0 aromatic rings. The molecule has 0 heterocycles. The molecular formula is C4H4F2. The van der Waals surface area contributed by atoms with Gasteiger partial charge in [0, 0.05) is 12.8 Å². The summed E-state index contributed by atoms with van der Waals surface area (Å²) in [6.07, 6.45) is 0.361. The number of fused-ring (bicyclic) bond motifs is 1. The first-order chi connectivity index (χ1) is 2.66. The molecule has 0 atom stereocenters. The zero-order chi connectivity index (χ0) is 4.41. The van der Waals surface area contributed by atoms with Gasteiger partial charge in [0.05, 0.1) is 0 Å². The average Bonchev–Trinajstić information content (AvgIpc) is 1.78. The summed E-state index contributed by atoms with van der Waals surface area (Å²) in [7, 11) is 0. The summed E-state index contributed by atoms with van der Waals surface area (Å²) in [5.41, 5.74) is -2.62. The Bertz CT molecular complexity index is 90.1. The van der Waals surface area contributed by atoms with E-state index in [0.29, 0.717) is 0 Å². The molecule has 2 heteroatoms. The highest BCUT2D eigenvalue weighted by Gasteiger charge is 2.88. The van der Waals surface area contributed by atoms with E-state index >= 15 is 0 Å². The van der Waals surface area contributed by atoms with Gasteiger partial charge in [-0.3, -0.25) is 0 Å². The van der Waals surface area contributed by atoms with E-state index in [0.717, 1.165) is 0 Å². The Kier molecular flexibility index (Phi) is 0.185. The molecule has 6 heavy (non-hydrogen) atoms. The van der Waals surface area contributed by atoms with Gasteiger partial charge in [0.2, 0.25) is 0 Å². The van der Waals surface area contributed by atoms with E-state index in [1.807, 2.05) is 0 Å². The van der Waals surface area contributed by atoms with Crippen molar-refractivity contribution in [1.29, 1.82) is 0 Å². The highest BCUT2D eigenvalue weighted by atomic mass is 19.2. The molecule has 34 valence electrons. The normalized spacial score (nSPS) is 73.0. The molecule has 0 amide bonds. The van der Waals surface area contributed by atoms with Gasteiger partial charge >= 0.3 is 0 Å². The lowest BCUT2D eigenvalue weighted by atomic mass is 10.4. The van der Waals surface area contributed by atoms with Crippen molar-refractivity contribution >= 4 is 0 Å². The van der Waals surface area contributed by atoms with Crippen molar-refractivity contribution in [3.05, 3.63) is 0 Å². The Balaban J connectivity index is 2.34. The molecule has 0 spiro atoms. The predicted molar refractivity (Wildman–Crippen MR) is 16.9 cm³/mol. The van der Waals surface area contributed by atoms with Gasteiger partial charge in [-0.1, -0.05) is 0 Å². The highest BCUT2D eigenvalue weighted by molar-refractivity contribution is 5.37. The van der Waals surface area contributed by atoms with Crippen LogP contribution in [0.1, 0.15) is 12.8 Å². The topological polar surface area (TPSA) is 0 Å². The zero-order valence-corrected chi connectivity index (χ0v) is 3.17. The van der Waals surface area contributed by atoms with Crippen LogP contribution in [-0.2, 0) is 0 Å². The molecule has 2 rings (SSSR count). The Morgan fingerprint density at radius 2 is 1.17 bits per heavy atom. The lowest BCUT2D eigenvalue weighted by Crippen LogP contribution is -1.76. The summed E-state index contributed by atoms with van der Waals surface area (Å²) in [4.78, 5) is 0. The van der Waals surface area contributed by atoms with E-state index in [9.17, 15) is 8.78 Å². The summed E-state index contributed by atoms with van der Waals surface area (Å²) in [5, 5.41) is 0. The standard InChI is InChI=1S/C4H4F2/c5-3-1-4(3,6)2-3/h1-2H2. The minimum absolute atomic E-state index is 0.181. The fourth-order valence-corrected chi connectivity index (χ4v) is 0.748. The molecule has 0 nitrogen and oxygen atoms in total. The minimum atomic E-state index is -1.31. The van der Waals surface area contributed by atoms with Crippen LogP contribution >= 0.6 is 0 Å². The van der Waals surface area contributed by atoms with Crippen LogP contribution < -0.4 is 0 Å². The maximum Gasteiger partial charge on any atom is 0.151 e. The second-order valence-corrected chi connectivity index (χ2v) is 2.28. The Hall–Kier alpha value is -0.140. The van der Waals surface area contributed by atoms with Gasteiger partial charge in [-0.15, -0.1) is 0 Å². The van der Waals surface area contributed by atoms with E-state index in [1.165, 1.54) is 0 Å². The van der Waals surface area contributed by atoms with Gasteiger partial charge in [-0.2, -0.15) is 0 Å². The molecule has 0 saturated heterocycles. The third kappa shape index (κ3) is 0.111. The molecule has 0 bridgehead atoms. The number of hydrogen-bond acceptors (Lipinski definition) is 0. The molecule has 0 aromatic carbocycles. The molecular weight excluding hydrogens is 86.0 g/mol. The molecule has 0 aliphatic heterocycles. The molecule has 0 N–H and O–H groups in total. The second kappa shape index (κ2) is 0.377. The molecule has 2 saturated carbocycles. The van der Waals surface area contributed by atoms with Crippen LogP contribution in [0.5, 0.6) is 0 Å². The smallest absolute Gasteiger partial charge is 0.151 e.